The topological polar surface area (TPSA) is 64.1 Å². The lowest BCUT2D eigenvalue weighted by atomic mass is 10.4. The Bertz CT molecular complexity index is 464. The standard InChI is InChI=1S/C9H8F3N3O2/c10-9(11,12)5-13-4-7-14-8(15-17-7)6-2-1-3-16-6/h1-3,13H,4-5H2. The molecular weight excluding hydrogens is 239 g/mol. The number of aromatic nitrogens is 2. The molecule has 2 aromatic heterocycles. The first-order chi connectivity index (χ1) is 8.04. The first-order valence-corrected chi connectivity index (χ1v) is 4.68. The van der Waals surface area contributed by atoms with Crippen LogP contribution in [0.2, 0.25) is 0 Å². The number of halogens is 3. The summed E-state index contributed by atoms with van der Waals surface area (Å²) in [6.07, 6.45) is -2.82. The predicted octanol–water partition coefficient (Wildman–Crippen LogP) is 1.98. The molecule has 1 N–H and O–H groups in total. The third-order valence-corrected chi connectivity index (χ3v) is 1.81. The number of furan rings is 1. The lowest BCUT2D eigenvalue weighted by Gasteiger charge is -2.05. The second kappa shape index (κ2) is 4.58. The van der Waals surface area contributed by atoms with Crippen LogP contribution in [0.1, 0.15) is 5.89 Å². The van der Waals surface area contributed by atoms with Crippen LogP contribution in [0.15, 0.2) is 27.3 Å². The number of hydrogen-bond donors (Lipinski definition) is 1. The number of alkyl halides is 3. The molecule has 0 atom stereocenters. The van der Waals surface area contributed by atoms with Crippen molar-refractivity contribution in [3.8, 4) is 11.6 Å². The van der Waals surface area contributed by atoms with Gasteiger partial charge in [-0.15, -0.1) is 0 Å². The van der Waals surface area contributed by atoms with Gasteiger partial charge in [-0.3, -0.25) is 0 Å². The fourth-order valence-electron chi connectivity index (χ4n) is 1.14. The van der Waals surface area contributed by atoms with Crippen molar-refractivity contribution in [2.75, 3.05) is 6.54 Å². The minimum atomic E-state index is -4.26. The molecule has 5 nitrogen and oxygen atoms in total. The maximum Gasteiger partial charge on any atom is 0.401 e. The minimum absolute atomic E-state index is 0.0700. The van der Waals surface area contributed by atoms with E-state index in [4.69, 9.17) is 8.94 Å². The maximum absolute atomic E-state index is 11.8. The van der Waals surface area contributed by atoms with Gasteiger partial charge in [-0.05, 0) is 12.1 Å². The summed E-state index contributed by atoms with van der Waals surface area (Å²) in [5.74, 6) is 0.676. The van der Waals surface area contributed by atoms with Gasteiger partial charge in [-0.2, -0.15) is 18.2 Å². The largest absolute Gasteiger partial charge is 0.461 e. The van der Waals surface area contributed by atoms with Gasteiger partial charge in [0.25, 0.3) is 0 Å². The maximum atomic E-state index is 11.8. The molecule has 0 saturated heterocycles. The number of nitrogens with zero attached hydrogens (tertiary/aromatic N) is 2. The van der Waals surface area contributed by atoms with Crippen LogP contribution < -0.4 is 5.32 Å². The Labute approximate surface area is 93.6 Å². The first-order valence-electron chi connectivity index (χ1n) is 4.68. The lowest BCUT2D eigenvalue weighted by Crippen LogP contribution is -2.28. The van der Waals surface area contributed by atoms with Crippen LogP contribution in [0.4, 0.5) is 13.2 Å². The van der Waals surface area contributed by atoms with Crippen LogP contribution >= 0.6 is 0 Å². The number of hydrogen-bond acceptors (Lipinski definition) is 5. The van der Waals surface area contributed by atoms with Gasteiger partial charge in [0.2, 0.25) is 11.7 Å². The van der Waals surface area contributed by atoms with E-state index in [9.17, 15) is 13.2 Å². The second-order valence-corrected chi connectivity index (χ2v) is 3.21. The summed E-state index contributed by atoms with van der Waals surface area (Å²) in [5, 5.41) is 5.72. The summed E-state index contributed by atoms with van der Waals surface area (Å²) in [4.78, 5) is 3.87. The van der Waals surface area contributed by atoms with Crippen molar-refractivity contribution in [1.82, 2.24) is 15.5 Å². The summed E-state index contributed by atoms with van der Waals surface area (Å²) in [6, 6.07) is 3.27. The molecule has 0 amide bonds. The Morgan fingerprint density at radius 3 is 2.82 bits per heavy atom. The van der Waals surface area contributed by atoms with E-state index in [2.05, 4.69) is 15.5 Å². The van der Waals surface area contributed by atoms with Gasteiger partial charge in [0.1, 0.15) is 0 Å². The summed E-state index contributed by atoms with van der Waals surface area (Å²) in [6.45, 7) is -1.25. The van der Waals surface area contributed by atoms with Crippen molar-refractivity contribution in [1.29, 1.82) is 0 Å². The SMILES string of the molecule is FC(F)(F)CNCc1nc(-c2ccco2)no1. The van der Waals surface area contributed by atoms with Gasteiger partial charge in [-0.1, -0.05) is 5.16 Å². The van der Waals surface area contributed by atoms with Crippen molar-refractivity contribution < 1.29 is 22.1 Å². The molecule has 0 spiro atoms. The average molecular weight is 247 g/mol. The van der Waals surface area contributed by atoms with E-state index in [1.165, 1.54) is 6.26 Å². The molecule has 2 rings (SSSR count). The Morgan fingerprint density at radius 2 is 2.18 bits per heavy atom. The zero-order chi connectivity index (χ0) is 12.3. The van der Waals surface area contributed by atoms with Crippen LogP contribution in [0.3, 0.4) is 0 Å². The smallest absolute Gasteiger partial charge is 0.401 e. The van der Waals surface area contributed by atoms with E-state index >= 15 is 0 Å². The molecule has 92 valence electrons. The third kappa shape index (κ3) is 3.31. The molecule has 0 radical (unpaired) electrons. The molecule has 0 saturated carbocycles. The Morgan fingerprint density at radius 1 is 1.35 bits per heavy atom. The second-order valence-electron chi connectivity index (χ2n) is 3.21. The zero-order valence-corrected chi connectivity index (χ0v) is 8.49. The van der Waals surface area contributed by atoms with Crippen molar-refractivity contribution in [2.45, 2.75) is 12.7 Å². The molecule has 2 aromatic rings. The van der Waals surface area contributed by atoms with E-state index < -0.39 is 12.7 Å². The van der Waals surface area contributed by atoms with Gasteiger partial charge >= 0.3 is 6.18 Å². The molecule has 0 fully saturated rings. The van der Waals surface area contributed by atoms with Gasteiger partial charge in [0, 0.05) is 0 Å². The third-order valence-electron chi connectivity index (χ3n) is 1.81. The average Bonchev–Trinajstić information content (AvgIpc) is 2.83. The van der Waals surface area contributed by atoms with Crippen LogP contribution in [0.25, 0.3) is 11.6 Å². The summed E-state index contributed by atoms with van der Waals surface area (Å²) >= 11 is 0. The predicted molar refractivity (Wildman–Crippen MR) is 49.8 cm³/mol. The van der Waals surface area contributed by atoms with Crippen LogP contribution in [-0.4, -0.2) is 22.9 Å². The van der Waals surface area contributed by atoms with Crippen molar-refractivity contribution in [2.24, 2.45) is 0 Å². The molecule has 17 heavy (non-hydrogen) atoms. The Balaban J connectivity index is 1.91. The van der Waals surface area contributed by atoms with Crippen molar-refractivity contribution >= 4 is 0 Å². The molecule has 0 bridgehead atoms. The fourth-order valence-corrected chi connectivity index (χ4v) is 1.14. The fraction of sp³-hybridized carbons (Fsp3) is 0.333. The highest BCUT2D eigenvalue weighted by Crippen LogP contribution is 2.16. The molecule has 0 aliphatic rings. The van der Waals surface area contributed by atoms with Crippen LogP contribution in [0, 0.1) is 0 Å². The molecule has 8 heteroatoms. The summed E-state index contributed by atoms with van der Waals surface area (Å²) in [7, 11) is 0. The normalized spacial score (nSPS) is 11.9. The number of rotatable bonds is 4. The molecule has 2 heterocycles. The van der Waals surface area contributed by atoms with Gasteiger partial charge in [0.15, 0.2) is 5.76 Å². The van der Waals surface area contributed by atoms with E-state index in [0.717, 1.165) is 0 Å². The van der Waals surface area contributed by atoms with E-state index in [1.807, 2.05) is 0 Å². The zero-order valence-electron chi connectivity index (χ0n) is 8.49. The van der Waals surface area contributed by atoms with Gasteiger partial charge in [-0.25, -0.2) is 0 Å². The highest BCUT2D eigenvalue weighted by Gasteiger charge is 2.26. The number of nitrogens with one attached hydrogen (secondary N) is 1. The quantitative estimate of drug-likeness (QED) is 0.894. The Kier molecular flexibility index (Phi) is 3.14. The van der Waals surface area contributed by atoms with Crippen LogP contribution in [0.5, 0.6) is 0 Å². The highest BCUT2D eigenvalue weighted by atomic mass is 19.4. The van der Waals surface area contributed by atoms with Crippen molar-refractivity contribution in [3.05, 3.63) is 24.3 Å². The lowest BCUT2D eigenvalue weighted by molar-refractivity contribution is -0.125. The van der Waals surface area contributed by atoms with Gasteiger partial charge in [0.05, 0.1) is 19.4 Å². The summed E-state index contributed by atoms with van der Waals surface area (Å²) in [5.41, 5.74) is 0. The van der Waals surface area contributed by atoms with E-state index in [1.54, 1.807) is 12.1 Å². The van der Waals surface area contributed by atoms with E-state index in [-0.39, 0.29) is 18.3 Å². The summed E-state index contributed by atoms with van der Waals surface area (Å²) < 4.78 is 45.3. The van der Waals surface area contributed by atoms with E-state index in [0.29, 0.717) is 5.76 Å². The molecule has 0 aliphatic carbocycles. The minimum Gasteiger partial charge on any atom is -0.461 e. The highest BCUT2D eigenvalue weighted by molar-refractivity contribution is 5.44. The first kappa shape index (κ1) is 11.6. The molecule has 0 unspecified atom stereocenters. The molecular formula is C9H8F3N3O2. The van der Waals surface area contributed by atoms with Crippen molar-refractivity contribution in [3.63, 3.8) is 0 Å². The molecule has 0 aliphatic heterocycles. The Hall–Kier alpha value is -1.83. The molecule has 0 aromatic carbocycles. The van der Waals surface area contributed by atoms with Gasteiger partial charge < -0.3 is 14.3 Å². The van der Waals surface area contributed by atoms with Crippen LogP contribution in [-0.2, 0) is 6.54 Å². The monoisotopic (exact) mass is 247 g/mol.